The first-order valence-corrected chi connectivity index (χ1v) is 6.95. The number of hydrogen-bond acceptors (Lipinski definition) is 4. The van der Waals surface area contributed by atoms with Crippen molar-refractivity contribution in [3.63, 3.8) is 0 Å². The summed E-state index contributed by atoms with van der Waals surface area (Å²) in [6, 6.07) is 5.52. The Kier molecular flexibility index (Phi) is 3.32. The molecule has 1 saturated heterocycles. The third-order valence-corrected chi connectivity index (χ3v) is 3.77. The molecule has 3 heterocycles. The van der Waals surface area contributed by atoms with Crippen LogP contribution in [0.2, 0.25) is 0 Å². The minimum atomic E-state index is -0.120. The predicted molar refractivity (Wildman–Crippen MR) is 72.9 cm³/mol. The van der Waals surface area contributed by atoms with Crippen LogP contribution in [0.4, 0.5) is 0 Å². The number of nitrogens with zero attached hydrogens (tertiary/aromatic N) is 4. The molecule has 0 radical (unpaired) electrons. The second-order valence-corrected chi connectivity index (χ2v) is 5.40. The molecule has 3 rings (SSSR count). The van der Waals surface area contributed by atoms with Gasteiger partial charge in [-0.3, -0.25) is 9.48 Å². The van der Waals surface area contributed by atoms with Crippen LogP contribution in [0, 0.1) is 11.3 Å². The first-order valence-electron chi connectivity index (χ1n) is 6.16. The number of halogens is 1. The first kappa shape index (κ1) is 12.9. The van der Waals surface area contributed by atoms with Gasteiger partial charge in [0.15, 0.2) is 10.4 Å². The van der Waals surface area contributed by atoms with Crippen LogP contribution < -0.4 is 0 Å². The molecule has 1 amide bonds. The summed E-state index contributed by atoms with van der Waals surface area (Å²) in [5.41, 5.74) is 0.532. The molecule has 1 unspecified atom stereocenters. The normalized spacial score (nSPS) is 18.2. The predicted octanol–water partition coefficient (Wildman–Crippen LogP) is 2.20. The molecule has 102 valence electrons. The largest absolute Gasteiger partial charge is 0.444 e. The lowest BCUT2D eigenvalue weighted by molar-refractivity contribution is 0.0754. The molecule has 7 heteroatoms. The number of furan rings is 1. The number of carbonyl (C=O) groups excluding carboxylic acids is 1. The number of rotatable bonds is 2. The number of amides is 1. The van der Waals surface area contributed by atoms with E-state index in [1.165, 1.54) is 6.20 Å². The van der Waals surface area contributed by atoms with Gasteiger partial charge in [0.1, 0.15) is 6.07 Å². The summed E-state index contributed by atoms with van der Waals surface area (Å²) in [4.78, 5) is 14.0. The van der Waals surface area contributed by atoms with Crippen molar-refractivity contribution in [2.75, 3.05) is 13.1 Å². The molecule has 1 fully saturated rings. The second-order valence-electron chi connectivity index (χ2n) is 4.62. The van der Waals surface area contributed by atoms with Crippen molar-refractivity contribution in [1.29, 1.82) is 5.26 Å². The Morgan fingerprint density at radius 2 is 2.40 bits per heavy atom. The molecule has 2 aromatic rings. The number of carbonyl (C=O) groups is 1. The summed E-state index contributed by atoms with van der Waals surface area (Å²) in [5, 5.41) is 13.0. The molecule has 0 saturated carbocycles. The molecule has 0 aliphatic carbocycles. The lowest BCUT2D eigenvalue weighted by Gasteiger charge is -2.15. The van der Waals surface area contributed by atoms with Gasteiger partial charge < -0.3 is 9.32 Å². The summed E-state index contributed by atoms with van der Waals surface area (Å²) < 4.78 is 7.58. The van der Waals surface area contributed by atoms with Gasteiger partial charge in [-0.05, 0) is 34.5 Å². The van der Waals surface area contributed by atoms with Gasteiger partial charge in [-0.1, -0.05) is 0 Å². The van der Waals surface area contributed by atoms with E-state index < -0.39 is 0 Å². The molecule has 0 bridgehead atoms. The van der Waals surface area contributed by atoms with Crippen LogP contribution in [0.5, 0.6) is 0 Å². The van der Waals surface area contributed by atoms with E-state index in [-0.39, 0.29) is 11.9 Å². The number of nitriles is 1. The minimum Gasteiger partial charge on any atom is -0.444 e. The van der Waals surface area contributed by atoms with Crippen LogP contribution in [0.15, 0.2) is 33.6 Å². The Morgan fingerprint density at radius 3 is 3.05 bits per heavy atom. The summed E-state index contributed by atoms with van der Waals surface area (Å²) in [7, 11) is 0. The number of likely N-dealkylation sites (tertiary alicyclic amines) is 1. The SMILES string of the molecule is N#Cc1cnn(C2CCN(C(=O)c3ccc(Br)o3)C2)c1. The van der Waals surface area contributed by atoms with E-state index in [1.807, 2.05) is 6.07 Å². The Hall–Kier alpha value is -2.07. The van der Waals surface area contributed by atoms with Gasteiger partial charge in [0.05, 0.1) is 17.8 Å². The summed E-state index contributed by atoms with van der Waals surface area (Å²) in [5.74, 6) is 0.210. The van der Waals surface area contributed by atoms with Crippen LogP contribution >= 0.6 is 15.9 Å². The van der Waals surface area contributed by atoms with E-state index in [2.05, 4.69) is 21.0 Å². The molecule has 2 aromatic heterocycles. The molecular weight excluding hydrogens is 324 g/mol. The fraction of sp³-hybridized carbons (Fsp3) is 0.308. The second kappa shape index (κ2) is 5.13. The van der Waals surface area contributed by atoms with Crippen LogP contribution in [-0.4, -0.2) is 33.7 Å². The topological polar surface area (TPSA) is 75.1 Å². The summed E-state index contributed by atoms with van der Waals surface area (Å²) >= 11 is 3.19. The summed E-state index contributed by atoms with van der Waals surface area (Å²) in [6.07, 6.45) is 4.07. The summed E-state index contributed by atoms with van der Waals surface area (Å²) in [6.45, 7) is 1.23. The van der Waals surface area contributed by atoms with Crippen molar-refractivity contribution in [1.82, 2.24) is 14.7 Å². The van der Waals surface area contributed by atoms with E-state index in [1.54, 1.807) is 27.9 Å². The average molecular weight is 335 g/mol. The van der Waals surface area contributed by atoms with Crippen molar-refractivity contribution in [2.45, 2.75) is 12.5 Å². The van der Waals surface area contributed by atoms with Crippen LogP contribution in [-0.2, 0) is 0 Å². The van der Waals surface area contributed by atoms with Crippen LogP contribution in [0.25, 0.3) is 0 Å². The molecule has 0 aromatic carbocycles. The fourth-order valence-electron chi connectivity index (χ4n) is 2.32. The maximum Gasteiger partial charge on any atom is 0.289 e. The standard InChI is InChI=1S/C13H11BrN4O2/c14-12-2-1-11(20-12)13(19)17-4-3-10(8-17)18-7-9(5-15)6-16-18/h1-2,6-7,10H,3-4,8H2. The zero-order valence-electron chi connectivity index (χ0n) is 10.5. The Morgan fingerprint density at radius 1 is 1.55 bits per heavy atom. The van der Waals surface area contributed by atoms with E-state index in [0.717, 1.165) is 6.42 Å². The van der Waals surface area contributed by atoms with Crippen molar-refractivity contribution in [3.05, 3.63) is 40.5 Å². The Balaban J connectivity index is 1.70. The minimum absolute atomic E-state index is 0.111. The van der Waals surface area contributed by atoms with Gasteiger partial charge in [0.25, 0.3) is 5.91 Å². The molecule has 0 spiro atoms. The van der Waals surface area contributed by atoms with E-state index in [9.17, 15) is 4.79 Å². The molecule has 20 heavy (non-hydrogen) atoms. The third-order valence-electron chi connectivity index (χ3n) is 3.34. The lowest BCUT2D eigenvalue weighted by Crippen LogP contribution is -2.28. The van der Waals surface area contributed by atoms with Gasteiger partial charge in [0.2, 0.25) is 0 Å². The molecule has 6 nitrogen and oxygen atoms in total. The molecule has 1 aliphatic rings. The molecule has 1 atom stereocenters. The van der Waals surface area contributed by atoms with E-state index >= 15 is 0 Å². The molecule has 0 N–H and O–H groups in total. The Labute approximate surface area is 123 Å². The number of hydrogen-bond donors (Lipinski definition) is 0. The lowest BCUT2D eigenvalue weighted by atomic mass is 10.3. The van der Waals surface area contributed by atoms with E-state index in [4.69, 9.17) is 9.68 Å². The highest BCUT2D eigenvalue weighted by atomic mass is 79.9. The molecule has 1 aliphatic heterocycles. The highest BCUT2D eigenvalue weighted by Crippen LogP contribution is 2.24. The number of aromatic nitrogens is 2. The van der Waals surface area contributed by atoms with Crippen LogP contribution in [0.3, 0.4) is 0 Å². The Bertz CT molecular complexity index is 685. The van der Waals surface area contributed by atoms with Crippen molar-refractivity contribution >= 4 is 21.8 Å². The molecular formula is C13H11BrN4O2. The average Bonchev–Trinajstić information content (AvgIpc) is 3.17. The van der Waals surface area contributed by atoms with Gasteiger partial charge in [-0.2, -0.15) is 10.4 Å². The zero-order chi connectivity index (χ0) is 14.1. The van der Waals surface area contributed by atoms with Crippen LogP contribution in [0.1, 0.15) is 28.6 Å². The maximum absolute atomic E-state index is 12.2. The van der Waals surface area contributed by atoms with Crippen molar-refractivity contribution in [3.8, 4) is 6.07 Å². The van der Waals surface area contributed by atoms with Crippen molar-refractivity contribution in [2.24, 2.45) is 0 Å². The van der Waals surface area contributed by atoms with Gasteiger partial charge in [0, 0.05) is 19.3 Å². The fourth-order valence-corrected chi connectivity index (χ4v) is 2.63. The van der Waals surface area contributed by atoms with Gasteiger partial charge >= 0.3 is 0 Å². The third kappa shape index (κ3) is 2.34. The van der Waals surface area contributed by atoms with Gasteiger partial charge in [-0.25, -0.2) is 0 Å². The van der Waals surface area contributed by atoms with Crippen molar-refractivity contribution < 1.29 is 9.21 Å². The highest BCUT2D eigenvalue weighted by Gasteiger charge is 2.29. The highest BCUT2D eigenvalue weighted by molar-refractivity contribution is 9.10. The maximum atomic E-state index is 12.2. The quantitative estimate of drug-likeness (QED) is 0.843. The first-order chi connectivity index (χ1) is 9.67. The van der Waals surface area contributed by atoms with E-state index in [0.29, 0.717) is 29.1 Å². The smallest absolute Gasteiger partial charge is 0.289 e. The monoisotopic (exact) mass is 334 g/mol. The zero-order valence-corrected chi connectivity index (χ0v) is 12.1. The van der Waals surface area contributed by atoms with Gasteiger partial charge in [-0.15, -0.1) is 0 Å².